The molecule has 5 aliphatic heterocycles. The molecule has 18 atom stereocenters. The van der Waals surface area contributed by atoms with Crippen molar-refractivity contribution in [1.29, 1.82) is 0 Å². The van der Waals surface area contributed by atoms with Gasteiger partial charge in [0.05, 0.1) is 53.4 Å². The molecule has 3 N–H and O–H groups in total. The Hall–Kier alpha value is -1.85. The Kier molecular flexibility index (Phi) is 17.3. The Morgan fingerprint density at radius 3 is 2.22 bits per heavy atom. The van der Waals surface area contributed by atoms with Gasteiger partial charge in [-0.3, -0.25) is 9.59 Å². The average Bonchev–Trinajstić information content (AvgIpc) is 3.58. The quantitative estimate of drug-likeness (QED) is 0.184. The molecule has 0 aromatic heterocycles. The molecule has 4 fully saturated rings. The molecule has 5 aliphatic rings. The summed E-state index contributed by atoms with van der Waals surface area (Å²) in [6, 6.07) is 1.81. The first-order valence-electron chi connectivity index (χ1n) is 23.6. The van der Waals surface area contributed by atoms with E-state index < -0.39 is 113 Å². The second-order valence-corrected chi connectivity index (χ2v) is 20.0. The number of amides is 1. The van der Waals surface area contributed by atoms with Crippen LogP contribution in [0.1, 0.15) is 144 Å². The minimum Gasteiger partial charge on any atom is -0.550 e. The number of benzene rings is 1. The molecule has 1 aromatic rings. The Balaban J connectivity index is 0.00000771. The van der Waals surface area contributed by atoms with E-state index in [9.17, 15) is 38.5 Å². The van der Waals surface area contributed by atoms with Gasteiger partial charge in [-0.05, 0) is 102 Å². The normalized spacial score (nSPS) is 39.9. The number of ether oxygens (including phenoxy) is 5. The molecule has 4 saturated heterocycles. The van der Waals surface area contributed by atoms with Gasteiger partial charge >= 0.3 is 29.6 Å². The van der Waals surface area contributed by atoms with Crippen molar-refractivity contribution in [3.63, 3.8) is 0 Å². The summed E-state index contributed by atoms with van der Waals surface area (Å²) in [6.07, 6.45) is 4.83. The van der Waals surface area contributed by atoms with Gasteiger partial charge in [-0.1, -0.05) is 61.5 Å². The van der Waals surface area contributed by atoms with Crippen LogP contribution < -0.4 is 40.0 Å². The van der Waals surface area contributed by atoms with E-state index in [1.54, 1.807) is 26.0 Å². The number of Topliss-reactive ketones (excluding diaryl/α,β-unsaturated/α-hetero) is 1. The summed E-state index contributed by atoms with van der Waals surface area (Å²) in [5.74, 6) is -9.92. The van der Waals surface area contributed by atoms with Gasteiger partial charge in [0.25, 0.3) is 5.91 Å². The maximum absolute atomic E-state index is 14.9. The molecule has 0 radical (unpaired) electrons. The third-order valence-electron chi connectivity index (χ3n) is 15.9. The van der Waals surface area contributed by atoms with Crippen molar-refractivity contribution in [2.75, 3.05) is 0 Å². The van der Waals surface area contributed by atoms with E-state index >= 15 is 0 Å². The molecule has 2 spiro atoms. The van der Waals surface area contributed by atoms with Crippen LogP contribution in [0.2, 0.25) is 0 Å². The fraction of sp³-hybridized carbons (Fsp3) is 0.776. The fourth-order valence-corrected chi connectivity index (χ4v) is 11.5. The number of carbonyl (C=O) groups is 3. The first kappa shape index (κ1) is 53.1. The molecular weight excluding hydrogens is 840 g/mol. The molecule has 0 aliphatic carbocycles. The summed E-state index contributed by atoms with van der Waals surface area (Å²) in [6.45, 7) is 19.1. The van der Waals surface area contributed by atoms with Crippen LogP contribution in [-0.4, -0.2) is 93.3 Å². The number of nitrogens with one attached hydrogen (secondary N) is 1. The Labute approximate surface area is 400 Å². The van der Waals surface area contributed by atoms with Crippen LogP contribution in [0.5, 0.6) is 0 Å². The van der Waals surface area contributed by atoms with Crippen molar-refractivity contribution in [1.82, 2.24) is 5.32 Å². The number of aliphatic hydroxyl groups is 2. The zero-order valence-electron chi connectivity index (χ0n) is 39.9. The summed E-state index contributed by atoms with van der Waals surface area (Å²) in [4.78, 5) is 40.3. The SMILES string of the molecule is CC[C@@H](C(=O)[C@@H](C)[C@@H](O)[C@H](C)[C@@H]1O[C@@H]([C@@H](CC)C(=O)[O-])CC[C@@H]1C)[C@H]1O[C@]2(C=C[C@H](NC(=O)c3ccc(F)cc3F)[C@]3(CC[C@@](C)([C@H]4CC[C@](O)(CC)[C@H](C)O4)O3)O2)[C@H](C)C[C@@H]1C.[Na+]. The third-order valence-corrected chi connectivity index (χ3v) is 15.9. The number of carboxylic acids is 1. The Bertz CT molecular complexity index is 1860. The molecule has 12 nitrogen and oxygen atoms in total. The van der Waals surface area contributed by atoms with Gasteiger partial charge in [-0.2, -0.15) is 0 Å². The van der Waals surface area contributed by atoms with Crippen LogP contribution in [0.25, 0.3) is 0 Å². The number of aliphatic carboxylic acids is 1. The van der Waals surface area contributed by atoms with Crippen LogP contribution in [0.4, 0.5) is 8.78 Å². The molecule has 64 heavy (non-hydrogen) atoms. The number of carboxylic acid groups (broad SMARTS) is 1. The predicted octanol–water partition coefficient (Wildman–Crippen LogP) is 3.57. The van der Waals surface area contributed by atoms with Crippen molar-refractivity contribution < 1.29 is 91.7 Å². The number of hydrogen-bond acceptors (Lipinski definition) is 11. The van der Waals surface area contributed by atoms with Gasteiger partial charge in [0.2, 0.25) is 0 Å². The zero-order valence-corrected chi connectivity index (χ0v) is 41.9. The number of hydrogen-bond donors (Lipinski definition) is 3. The number of carbonyl (C=O) groups excluding carboxylic acids is 3. The third kappa shape index (κ3) is 10.3. The van der Waals surface area contributed by atoms with E-state index in [-0.39, 0.29) is 65.1 Å². The van der Waals surface area contributed by atoms with Gasteiger partial charge in [-0.25, -0.2) is 8.78 Å². The predicted molar refractivity (Wildman–Crippen MR) is 228 cm³/mol. The van der Waals surface area contributed by atoms with E-state index in [1.807, 2.05) is 55.4 Å². The van der Waals surface area contributed by atoms with Crippen LogP contribution in [-0.2, 0) is 33.3 Å². The molecule has 1 amide bonds. The van der Waals surface area contributed by atoms with Crippen LogP contribution >= 0.6 is 0 Å². The maximum Gasteiger partial charge on any atom is 1.00 e. The van der Waals surface area contributed by atoms with Crippen molar-refractivity contribution in [2.24, 2.45) is 41.4 Å². The van der Waals surface area contributed by atoms with Gasteiger partial charge in [0.15, 0.2) is 11.6 Å². The van der Waals surface area contributed by atoms with E-state index in [2.05, 4.69) is 5.32 Å². The monoisotopic (exact) mass is 911 g/mol. The van der Waals surface area contributed by atoms with Gasteiger partial charge in [0.1, 0.15) is 23.5 Å². The first-order chi connectivity index (χ1) is 29.6. The van der Waals surface area contributed by atoms with E-state index in [1.165, 1.54) is 0 Å². The molecule has 0 saturated carbocycles. The Morgan fingerprint density at radius 2 is 1.61 bits per heavy atom. The molecular formula is C49H72F2NNaO11. The van der Waals surface area contributed by atoms with E-state index in [0.29, 0.717) is 57.4 Å². The molecule has 354 valence electrons. The summed E-state index contributed by atoms with van der Waals surface area (Å²) in [5.41, 5.74) is -2.26. The van der Waals surface area contributed by atoms with Crippen LogP contribution in [0, 0.1) is 53.1 Å². The Morgan fingerprint density at radius 1 is 0.922 bits per heavy atom. The summed E-state index contributed by atoms with van der Waals surface area (Å²) in [5, 5.41) is 37.9. The van der Waals surface area contributed by atoms with Crippen molar-refractivity contribution in [3.05, 3.63) is 47.5 Å². The van der Waals surface area contributed by atoms with Crippen molar-refractivity contribution in [3.8, 4) is 0 Å². The topological polar surface area (TPSA) is 173 Å². The molecule has 6 rings (SSSR count). The van der Waals surface area contributed by atoms with Crippen LogP contribution in [0.3, 0.4) is 0 Å². The molecule has 0 bridgehead atoms. The van der Waals surface area contributed by atoms with Crippen molar-refractivity contribution >= 4 is 17.7 Å². The first-order valence-corrected chi connectivity index (χ1v) is 23.6. The maximum atomic E-state index is 14.9. The molecule has 15 heteroatoms. The summed E-state index contributed by atoms with van der Waals surface area (Å²) < 4.78 is 63.0. The van der Waals surface area contributed by atoms with Gasteiger partial charge < -0.3 is 49.1 Å². The summed E-state index contributed by atoms with van der Waals surface area (Å²) in [7, 11) is 0. The largest absolute Gasteiger partial charge is 1.00 e. The van der Waals surface area contributed by atoms with Crippen molar-refractivity contribution in [2.45, 2.75) is 199 Å². The van der Waals surface area contributed by atoms with Gasteiger partial charge in [0, 0.05) is 48.0 Å². The minimum atomic E-state index is -1.55. The van der Waals surface area contributed by atoms with E-state index in [4.69, 9.17) is 23.7 Å². The minimum absolute atomic E-state index is 0. The fourth-order valence-electron chi connectivity index (χ4n) is 11.5. The smallest absolute Gasteiger partial charge is 0.550 e. The molecule has 0 unspecified atom stereocenters. The number of aliphatic hydroxyl groups excluding tert-OH is 1. The summed E-state index contributed by atoms with van der Waals surface area (Å²) >= 11 is 0. The number of rotatable bonds is 14. The zero-order chi connectivity index (χ0) is 46.4. The number of halogens is 2. The van der Waals surface area contributed by atoms with Crippen LogP contribution in [0.15, 0.2) is 30.4 Å². The average molecular weight is 912 g/mol. The van der Waals surface area contributed by atoms with Gasteiger partial charge in [-0.15, -0.1) is 0 Å². The second kappa shape index (κ2) is 20.8. The van der Waals surface area contributed by atoms with E-state index in [0.717, 1.165) is 18.6 Å². The molecule has 1 aromatic carbocycles. The standard InChI is InChI=1S/C49H73F2NO11.Na/c1-11-33(45(56)57)37-17-14-26(4)42(60-37)30(8)40(53)29(7)41(54)34(12-2)43-27(5)24-28(6)48(61-43)21-18-38(52-44(55)35-16-15-32(50)25-36(35)51)49(63-48)23-22-46(10,62-49)39-19-20-47(58,13-3)31(9)59-39;/h15-16,18,21,25-31,33-34,37-40,42-43,53,58H,11-14,17,19-20,22-24H2,1-10H3,(H,52,55)(H,56,57);/q;+1/p-1/t26-,27-,28+,29-,30-,31-,33+,34-,37+,38-,39+,40+,42+,43-,46-,47+,48-,49-;/m0./s1. The second-order valence-electron chi connectivity index (χ2n) is 20.0. The number of ketones is 1. The molecule has 5 heterocycles.